The molecule has 0 aliphatic carbocycles. The van der Waals surface area contributed by atoms with Gasteiger partial charge in [0.1, 0.15) is 0 Å². The number of hydrogen-bond donors (Lipinski definition) is 1. The molecular formula is C18H29N3O3S. The van der Waals surface area contributed by atoms with Gasteiger partial charge in [-0.3, -0.25) is 4.79 Å². The molecule has 1 aliphatic rings. The molecule has 1 heterocycles. The molecule has 0 atom stereocenters. The third-order valence-corrected chi connectivity index (χ3v) is 6.79. The maximum absolute atomic E-state index is 13.1. The number of unbranched alkanes of at least 4 members (excludes halogenated alkanes) is 1. The van der Waals surface area contributed by atoms with Crippen LogP contribution in [0.15, 0.2) is 29.2 Å². The van der Waals surface area contributed by atoms with Gasteiger partial charge in [0, 0.05) is 26.7 Å². The quantitative estimate of drug-likeness (QED) is 0.798. The molecule has 25 heavy (non-hydrogen) atoms. The molecule has 0 unspecified atom stereocenters. The van der Waals surface area contributed by atoms with E-state index >= 15 is 0 Å². The van der Waals surface area contributed by atoms with Crippen LogP contribution in [0.5, 0.6) is 0 Å². The molecule has 0 radical (unpaired) electrons. The highest BCUT2D eigenvalue weighted by atomic mass is 32.2. The predicted molar refractivity (Wildman–Crippen MR) is 98.8 cm³/mol. The Hall–Kier alpha value is -1.44. The molecule has 2 rings (SSSR count). The number of benzene rings is 1. The van der Waals surface area contributed by atoms with Crippen LogP contribution in [0.25, 0.3) is 0 Å². The van der Waals surface area contributed by atoms with Crippen molar-refractivity contribution in [3.63, 3.8) is 0 Å². The fraction of sp³-hybridized carbons (Fsp3) is 0.611. The molecule has 140 valence electrons. The molecule has 1 saturated heterocycles. The smallest absolute Gasteiger partial charge is 0.254 e. The minimum absolute atomic E-state index is 0.106. The van der Waals surface area contributed by atoms with Crippen molar-refractivity contribution in [1.82, 2.24) is 9.21 Å². The van der Waals surface area contributed by atoms with Crippen molar-refractivity contribution in [2.75, 3.05) is 33.2 Å². The maximum atomic E-state index is 13.1. The zero-order valence-electron chi connectivity index (χ0n) is 15.1. The fourth-order valence-corrected chi connectivity index (χ4v) is 4.75. The van der Waals surface area contributed by atoms with Crippen LogP contribution >= 0.6 is 0 Å². The largest absolute Gasteiger partial charge is 0.342 e. The van der Waals surface area contributed by atoms with Crippen LogP contribution in [-0.2, 0) is 10.0 Å². The minimum Gasteiger partial charge on any atom is -0.342 e. The molecular weight excluding hydrogens is 338 g/mol. The van der Waals surface area contributed by atoms with Gasteiger partial charge < -0.3 is 10.6 Å². The molecule has 1 aliphatic heterocycles. The van der Waals surface area contributed by atoms with Crippen LogP contribution in [0.1, 0.15) is 43.0 Å². The molecule has 0 saturated carbocycles. The van der Waals surface area contributed by atoms with Gasteiger partial charge in [0.15, 0.2) is 0 Å². The average molecular weight is 368 g/mol. The predicted octanol–water partition coefficient (Wildman–Crippen LogP) is 1.92. The second-order valence-electron chi connectivity index (χ2n) is 6.66. The zero-order chi connectivity index (χ0) is 18.4. The van der Waals surface area contributed by atoms with Crippen LogP contribution in [-0.4, -0.2) is 56.8 Å². The number of rotatable bonds is 7. The summed E-state index contributed by atoms with van der Waals surface area (Å²) in [6.45, 7) is 4.18. The number of carbonyl (C=O) groups is 1. The molecule has 0 aromatic heterocycles. The van der Waals surface area contributed by atoms with Gasteiger partial charge in [0.05, 0.1) is 10.5 Å². The number of sulfonamides is 1. The van der Waals surface area contributed by atoms with Gasteiger partial charge in [-0.2, -0.15) is 4.31 Å². The Kier molecular flexibility index (Phi) is 6.98. The summed E-state index contributed by atoms with van der Waals surface area (Å²) in [7, 11) is -1.96. The molecule has 1 fully saturated rings. The first-order valence-electron chi connectivity index (χ1n) is 8.96. The summed E-state index contributed by atoms with van der Waals surface area (Å²) in [4.78, 5) is 14.4. The first-order chi connectivity index (χ1) is 11.9. The lowest BCUT2D eigenvalue weighted by Gasteiger charge is -2.31. The van der Waals surface area contributed by atoms with Crippen LogP contribution in [0, 0.1) is 5.92 Å². The number of hydrogen-bond acceptors (Lipinski definition) is 4. The Morgan fingerprint density at radius 2 is 1.92 bits per heavy atom. The molecule has 1 aromatic rings. The maximum Gasteiger partial charge on any atom is 0.254 e. The summed E-state index contributed by atoms with van der Waals surface area (Å²) in [6, 6.07) is 6.51. The molecule has 6 nitrogen and oxygen atoms in total. The van der Waals surface area contributed by atoms with E-state index in [1.165, 1.54) is 10.4 Å². The van der Waals surface area contributed by atoms with Crippen LogP contribution in [0.2, 0.25) is 0 Å². The number of piperidine rings is 1. The Morgan fingerprint density at radius 1 is 1.28 bits per heavy atom. The topological polar surface area (TPSA) is 83.7 Å². The number of carbonyl (C=O) groups excluding carboxylic acids is 1. The molecule has 0 bridgehead atoms. The van der Waals surface area contributed by atoms with Gasteiger partial charge in [0.25, 0.3) is 5.91 Å². The van der Waals surface area contributed by atoms with Crippen molar-refractivity contribution in [3.8, 4) is 0 Å². The normalized spacial score (nSPS) is 16.8. The summed E-state index contributed by atoms with van der Waals surface area (Å²) in [5.41, 5.74) is 5.94. The van der Waals surface area contributed by atoms with Crippen molar-refractivity contribution in [2.45, 2.75) is 37.5 Å². The fourth-order valence-electron chi connectivity index (χ4n) is 3.10. The SMILES string of the molecule is CCCCN(C)C(=O)c1ccccc1S(=O)(=O)N1CCC(CN)CC1. The van der Waals surface area contributed by atoms with E-state index in [1.54, 1.807) is 30.1 Å². The van der Waals surface area contributed by atoms with Gasteiger partial charge in [-0.1, -0.05) is 25.5 Å². The van der Waals surface area contributed by atoms with Crippen molar-refractivity contribution in [1.29, 1.82) is 0 Å². The molecule has 7 heteroatoms. The molecule has 0 spiro atoms. The van der Waals surface area contributed by atoms with Gasteiger partial charge >= 0.3 is 0 Å². The molecule has 2 N–H and O–H groups in total. The van der Waals surface area contributed by atoms with Crippen molar-refractivity contribution in [3.05, 3.63) is 29.8 Å². The summed E-state index contributed by atoms with van der Waals surface area (Å²) < 4.78 is 27.6. The minimum atomic E-state index is -3.68. The van der Waals surface area contributed by atoms with Crippen molar-refractivity contribution in [2.24, 2.45) is 11.7 Å². The highest BCUT2D eigenvalue weighted by Crippen LogP contribution is 2.26. The Balaban J connectivity index is 2.26. The van der Waals surface area contributed by atoms with E-state index in [9.17, 15) is 13.2 Å². The first-order valence-corrected chi connectivity index (χ1v) is 10.4. The van der Waals surface area contributed by atoms with E-state index in [0.717, 1.165) is 25.7 Å². The third kappa shape index (κ3) is 4.59. The third-order valence-electron chi connectivity index (χ3n) is 4.84. The van der Waals surface area contributed by atoms with Crippen LogP contribution in [0.4, 0.5) is 0 Å². The summed E-state index contributed by atoms with van der Waals surface area (Å²) >= 11 is 0. The van der Waals surface area contributed by atoms with E-state index in [1.807, 2.05) is 0 Å². The Morgan fingerprint density at radius 3 is 2.52 bits per heavy atom. The van der Waals surface area contributed by atoms with Gasteiger partial charge in [0.2, 0.25) is 10.0 Å². The Bertz CT molecular complexity index is 683. The van der Waals surface area contributed by atoms with Crippen LogP contribution in [0.3, 0.4) is 0 Å². The average Bonchev–Trinajstić information content (AvgIpc) is 2.65. The molecule has 1 amide bonds. The van der Waals surface area contributed by atoms with E-state index in [-0.39, 0.29) is 16.4 Å². The summed E-state index contributed by atoms with van der Waals surface area (Å²) in [6.07, 6.45) is 3.40. The highest BCUT2D eigenvalue weighted by Gasteiger charge is 2.32. The van der Waals surface area contributed by atoms with E-state index < -0.39 is 10.0 Å². The van der Waals surface area contributed by atoms with E-state index in [0.29, 0.717) is 32.1 Å². The Labute approximate surface area is 151 Å². The number of nitrogens with two attached hydrogens (primary N) is 1. The standard InChI is InChI=1S/C18H29N3O3S/c1-3-4-11-20(2)18(22)16-7-5-6-8-17(16)25(23,24)21-12-9-15(14-19)10-13-21/h5-8,15H,3-4,9-14,19H2,1-2H3. The summed E-state index contributed by atoms with van der Waals surface area (Å²) in [5.74, 6) is 0.132. The first kappa shape index (κ1) is 19.9. The number of nitrogens with zero attached hydrogens (tertiary/aromatic N) is 2. The lowest BCUT2D eigenvalue weighted by atomic mass is 9.99. The van der Waals surface area contributed by atoms with E-state index in [4.69, 9.17) is 5.73 Å². The number of amides is 1. The monoisotopic (exact) mass is 367 g/mol. The van der Waals surface area contributed by atoms with Gasteiger partial charge in [-0.25, -0.2) is 8.42 Å². The van der Waals surface area contributed by atoms with Gasteiger partial charge in [-0.05, 0) is 43.9 Å². The lowest BCUT2D eigenvalue weighted by Crippen LogP contribution is -2.40. The van der Waals surface area contributed by atoms with E-state index in [2.05, 4.69) is 6.92 Å². The van der Waals surface area contributed by atoms with Crippen molar-refractivity contribution >= 4 is 15.9 Å². The lowest BCUT2D eigenvalue weighted by molar-refractivity contribution is 0.0789. The van der Waals surface area contributed by atoms with Crippen LogP contribution < -0.4 is 5.73 Å². The summed E-state index contributed by atoms with van der Waals surface area (Å²) in [5, 5.41) is 0. The zero-order valence-corrected chi connectivity index (χ0v) is 16.0. The van der Waals surface area contributed by atoms with Crippen molar-refractivity contribution < 1.29 is 13.2 Å². The molecule has 1 aromatic carbocycles. The van der Waals surface area contributed by atoms with Gasteiger partial charge in [-0.15, -0.1) is 0 Å². The second-order valence-corrected chi connectivity index (χ2v) is 8.57. The highest BCUT2D eigenvalue weighted by molar-refractivity contribution is 7.89. The second kappa shape index (κ2) is 8.78.